The molecule has 17 heavy (non-hydrogen) atoms. The van der Waals surface area contributed by atoms with Gasteiger partial charge in [-0.3, -0.25) is 4.90 Å². The van der Waals surface area contributed by atoms with Crippen LogP contribution >= 0.6 is 0 Å². The fraction of sp³-hybridized carbons (Fsp3) is 0.571. The normalized spacial score (nSPS) is 21.8. The summed E-state index contributed by atoms with van der Waals surface area (Å²) in [6.07, 6.45) is 1.21. The second-order valence-corrected chi connectivity index (χ2v) is 5.03. The zero-order valence-electron chi connectivity index (χ0n) is 11.1. The van der Waals surface area contributed by atoms with Gasteiger partial charge < -0.3 is 10.6 Å². The lowest BCUT2D eigenvalue weighted by Crippen LogP contribution is -2.51. The van der Waals surface area contributed by atoms with Crippen LogP contribution in [0.5, 0.6) is 0 Å². The van der Waals surface area contributed by atoms with Gasteiger partial charge >= 0.3 is 0 Å². The Morgan fingerprint density at radius 1 is 1.35 bits per heavy atom. The van der Waals surface area contributed by atoms with Gasteiger partial charge in [-0.1, -0.05) is 6.92 Å². The van der Waals surface area contributed by atoms with Crippen molar-refractivity contribution in [3.63, 3.8) is 0 Å². The van der Waals surface area contributed by atoms with E-state index in [-0.39, 0.29) is 0 Å². The average molecular weight is 233 g/mol. The molecule has 1 heterocycles. The first-order chi connectivity index (χ1) is 8.11. The van der Waals surface area contributed by atoms with Gasteiger partial charge in [0.2, 0.25) is 0 Å². The van der Waals surface area contributed by atoms with Crippen LogP contribution in [0, 0.1) is 6.92 Å². The fourth-order valence-electron chi connectivity index (χ4n) is 2.64. The highest BCUT2D eigenvalue weighted by Crippen LogP contribution is 2.25. The molecule has 2 rings (SSSR count). The molecule has 3 heteroatoms. The third-order valence-electron chi connectivity index (χ3n) is 3.81. The van der Waals surface area contributed by atoms with Gasteiger partial charge in [0, 0.05) is 37.1 Å². The van der Waals surface area contributed by atoms with Crippen molar-refractivity contribution < 1.29 is 0 Å². The minimum absolute atomic E-state index is 0.667. The number of anilines is 2. The zero-order chi connectivity index (χ0) is 12.4. The van der Waals surface area contributed by atoms with Gasteiger partial charge in [0.05, 0.1) is 0 Å². The number of rotatable bonds is 2. The van der Waals surface area contributed by atoms with Crippen LogP contribution in [0.2, 0.25) is 0 Å². The second-order valence-electron chi connectivity index (χ2n) is 5.03. The van der Waals surface area contributed by atoms with Crippen LogP contribution < -0.4 is 10.6 Å². The van der Waals surface area contributed by atoms with E-state index in [0.717, 1.165) is 25.3 Å². The molecule has 1 atom stereocenters. The summed E-state index contributed by atoms with van der Waals surface area (Å²) < 4.78 is 0. The molecule has 0 saturated carbocycles. The van der Waals surface area contributed by atoms with Crippen LogP contribution in [-0.2, 0) is 0 Å². The van der Waals surface area contributed by atoms with E-state index in [0.29, 0.717) is 6.04 Å². The van der Waals surface area contributed by atoms with Crippen LogP contribution in [0.4, 0.5) is 11.4 Å². The molecule has 1 aromatic rings. The van der Waals surface area contributed by atoms with Crippen LogP contribution in [0.1, 0.15) is 18.9 Å². The molecule has 1 saturated heterocycles. The Balaban J connectivity index is 2.17. The molecule has 1 fully saturated rings. The monoisotopic (exact) mass is 233 g/mol. The van der Waals surface area contributed by atoms with Crippen molar-refractivity contribution in [3.05, 3.63) is 23.8 Å². The molecule has 0 radical (unpaired) electrons. The lowest BCUT2D eigenvalue weighted by Gasteiger charge is -2.41. The minimum Gasteiger partial charge on any atom is -0.399 e. The van der Waals surface area contributed by atoms with E-state index in [2.05, 4.69) is 42.8 Å². The van der Waals surface area contributed by atoms with Crippen molar-refractivity contribution in [2.75, 3.05) is 37.3 Å². The van der Waals surface area contributed by atoms with Gasteiger partial charge in [-0.2, -0.15) is 0 Å². The van der Waals surface area contributed by atoms with E-state index in [4.69, 9.17) is 5.73 Å². The first kappa shape index (κ1) is 12.2. The number of nitrogens with two attached hydrogens (primary N) is 1. The summed E-state index contributed by atoms with van der Waals surface area (Å²) in [6.45, 7) is 7.78. The Morgan fingerprint density at radius 3 is 2.76 bits per heavy atom. The van der Waals surface area contributed by atoms with Crippen LogP contribution in [-0.4, -0.2) is 37.6 Å². The van der Waals surface area contributed by atoms with E-state index in [1.54, 1.807) is 0 Å². The largest absolute Gasteiger partial charge is 0.399 e. The molecule has 1 aliphatic heterocycles. The summed E-state index contributed by atoms with van der Waals surface area (Å²) in [7, 11) is 2.22. The van der Waals surface area contributed by atoms with Gasteiger partial charge in [0.25, 0.3) is 0 Å². The molecule has 2 N–H and O–H groups in total. The molecule has 0 amide bonds. The standard InChI is InChI=1S/C14H23N3/c1-4-13-10-17(8-7-16(13)3)14-6-5-12(15)9-11(14)2/h5-6,9,13H,4,7-8,10,15H2,1-3H3. The number of aryl methyl sites for hydroxylation is 1. The molecule has 1 aliphatic rings. The van der Waals surface area contributed by atoms with Gasteiger partial charge in [-0.25, -0.2) is 0 Å². The highest BCUT2D eigenvalue weighted by atomic mass is 15.3. The molecule has 0 bridgehead atoms. The summed E-state index contributed by atoms with van der Waals surface area (Å²) in [4.78, 5) is 4.95. The number of hydrogen-bond acceptors (Lipinski definition) is 3. The number of hydrogen-bond donors (Lipinski definition) is 1. The van der Waals surface area contributed by atoms with Crippen LogP contribution in [0.15, 0.2) is 18.2 Å². The van der Waals surface area contributed by atoms with Crippen molar-refractivity contribution in [2.45, 2.75) is 26.3 Å². The van der Waals surface area contributed by atoms with E-state index in [9.17, 15) is 0 Å². The topological polar surface area (TPSA) is 32.5 Å². The molecule has 1 aromatic carbocycles. The number of nitrogen functional groups attached to an aromatic ring is 1. The molecule has 0 aromatic heterocycles. The van der Waals surface area contributed by atoms with Gasteiger partial charge in [0.1, 0.15) is 0 Å². The van der Waals surface area contributed by atoms with Crippen molar-refractivity contribution in [2.24, 2.45) is 0 Å². The number of likely N-dealkylation sites (N-methyl/N-ethyl adjacent to an activating group) is 1. The van der Waals surface area contributed by atoms with E-state index in [1.165, 1.54) is 17.7 Å². The maximum absolute atomic E-state index is 5.81. The summed E-state index contributed by atoms with van der Waals surface area (Å²) in [5, 5.41) is 0. The van der Waals surface area contributed by atoms with Gasteiger partial charge in [-0.05, 0) is 44.2 Å². The maximum atomic E-state index is 5.81. The average Bonchev–Trinajstić information content (AvgIpc) is 2.30. The van der Waals surface area contributed by atoms with Crippen molar-refractivity contribution in [3.8, 4) is 0 Å². The highest BCUT2D eigenvalue weighted by Gasteiger charge is 2.23. The zero-order valence-corrected chi connectivity index (χ0v) is 11.1. The molecule has 1 unspecified atom stereocenters. The lowest BCUT2D eigenvalue weighted by atomic mass is 10.1. The maximum Gasteiger partial charge on any atom is 0.0398 e. The Kier molecular flexibility index (Phi) is 3.57. The summed E-state index contributed by atoms with van der Waals surface area (Å²) >= 11 is 0. The first-order valence-corrected chi connectivity index (χ1v) is 6.43. The third-order valence-corrected chi connectivity index (χ3v) is 3.81. The Bertz CT molecular complexity index is 389. The van der Waals surface area contributed by atoms with Gasteiger partial charge in [0.15, 0.2) is 0 Å². The highest BCUT2D eigenvalue weighted by molar-refractivity contribution is 5.59. The molecule has 94 valence electrons. The number of benzene rings is 1. The molecular weight excluding hydrogens is 210 g/mol. The smallest absolute Gasteiger partial charge is 0.0398 e. The molecule has 0 aliphatic carbocycles. The molecular formula is C14H23N3. The van der Waals surface area contributed by atoms with Crippen LogP contribution in [0.25, 0.3) is 0 Å². The number of piperazine rings is 1. The Morgan fingerprint density at radius 2 is 2.12 bits per heavy atom. The summed E-state index contributed by atoms with van der Waals surface area (Å²) in [6, 6.07) is 6.89. The van der Waals surface area contributed by atoms with Gasteiger partial charge in [-0.15, -0.1) is 0 Å². The molecule has 0 spiro atoms. The predicted molar refractivity (Wildman–Crippen MR) is 74.5 cm³/mol. The Labute approximate surface area is 104 Å². The van der Waals surface area contributed by atoms with Crippen molar-refractivity contribution in [1.29, 1.82) is 0 Å². The van der Waals surface area contributed by atoms with E-state index in [1.807, 2.05) is 6.07 Å². The van der Waals surface area contributed by atoms with Crippen molar-refractivity contribution >= 4 is 11.4 Å². The quantitative estimate of drug-likeness (QED) is 0.794. The molecule has 3 nitrogen and oxygen atoms in total. The minimum atomic E-state index is 0.667. The van der Waals surface area contributed by atoms with Crippen LogP contribution in [0.3, 0.4) is 0 Å². The SMILES string of the molecule is CCC1CN(c2ccc(N)cc2C)CCN1C. The first-order valence-electron chi connectivity index (χ1n) is 6.43. The Hall–Kier alpha value is -1.22. The lowest BCUT2D eigenvalue weighted by molar-refractivity contribution is 0.213. The summed E-state index contributed by atoms with van der Waals surface area (Å²) in [5.41, 5.74) is 9.28. The fourth-order valence-corrected chi connectivity index (χ4v) is 2.64. The van der Waals surface area contributed by atoms with E-state index >= 15 is 0 Å². The summed E-state index contributed by atoms with van der Waals surface area (Å²) in [5.74, 6) is 0. The van der Waals surface area contributed by atoms with E-state index < -0.39 is 0 Å². The van der Waals surface area contributed by atoms with Crippen molar-refractivity contribution in [1.82, 2.24) is 4.90 Å². The third kappa shape index (κ3) is 2.55. The second kappa shape index (κ2) is 4.96. The number of nitrogens with zero attached hydrogens (tertiary/aromatic N) is 2. The predicted octanol–water partition coefficient (Wildman–Crippen LogP) is 2.11.